The number of carbonyl (C=O) groups excluding carboxylic acids is 1. The molecule has 0 fully saturated rings. The van der Waals surface area contributed by atoms with Gasteiger partial charge in [0.1, 0.15) is 0 Å². The number of unbranched alkanes of at least 4 members (excludes halogenated alkanes) is 16. The number of carbonyl (C=O) groups is 1. The Balaban J connectivity index is 2.99. The van der Waals surface area contributed by atoms with Gasteiger partial charge >= 0.3 is 6.16 Å². The highest BCUT2D eigenvalue weighted by Crippen LogP contribution is 2.14. The molecule has 0 unspecified atom stereocenters. The minimum Gasteiger partial charge on any atom is -0.438 e. The molecule has 144 valence electrons. The van der Waals surface area contributed by atoms with Gasteiger partial charge in [-0.05, 0) is 6.42 Å². The summed E-state index contributed by atoms with van der Waals surface area (Å²) in [6.45, 7) is 2.77. The van der Waals surface area contributed by atoms with Crippen LogP contribution in [-0.4, -0.2) is 19.9 Å². The Morgan fingerprint density at radius 1 is 0.583 bits per heavy atom. The van der Waals surface area contributed by atoms with Gasteiger partial charge in [0.2, 0.25) is 0 Å². The second-order valence-electron chi connectivity index (χ2n) is 6.96. The third kappa shape index (κ3) is 19.3. The molecule has 0 aliphatic heterocycles. The molecule has 0 aromatic carbocycles. The van der Waals surface area contributed by atoms with Crippen molar-refractivity contribution in [2.45, 2.75) is 116 Å². The van der Waals surface area contributed by atoms with Crippen LogP contribution in [-0.2, 0) is 9.47 Å². The average molecular weight is 343 g/mol. The monoisotopic (exact) mass is 342 g/mol. The molecule has 0 aliphatic carbocycles. The van der Waals surface area contributed by atoms with Crippen molar-refractivity contribution in [2.75, 3.05) is 13.7 Å². The molecule has 0 N–H and O–H groups in total. The maximum Gasteiger partial charge on any atom is 0.507 e. The van der Waals surface area contributed by atoms with Crippen LogP contribution in [0.5, 0.6) is 0 Å². The molecule has 0 radical (unpaired) electrons. The van der Waals surface area contributed by atoms with E-state index < -0.39 is 6.16 Å². The minimum atomic E-state index is -0.563. The van der Waals surface area contributed by atoms with Gasteiger partial charge in [0, 0.05) is 0 Å². The normalized spacial score (nSPS) is 10.8. The van der Waals surface area contributed by atoms with Gasteiger partial charge in [-0.2, -0.15) is 0 Å². The van der Waals surface area contributed by atoms with Crippen LogP contribution < -0.4 is 0 Å². The Labute approximate surface area is 150 Å². The lowest BCUT2D eigenvalue weighted by Crippen LogP contribution is -2.05. The maximum absolute atomic E-state index is 10.7. The summed E-state index contributed by atoms with van der Waals surface area (Å²) in [5.74, 6) is 0. The van der Waals surface area contributed by atoms with E-state index in [9.17, 15) is 4.79 Å². The first-order valence-electron chi connectivity index (χ1n) is 10.5. The number of rotatable bonds is 18. The predicted molar refractivity (Wildman–Crippen MR) is 103 cm³/mol. The van der Waals surface area contributed by atoms with E-state index in [0.29, 0.717) is 6.61 Å². The summed E-state index contributed by atoms with van der Waals surface area (Å²) in [5.41, 5.74) is 0. The molecular weight excluding hydrogens is 300 g/mol. The fraction of sp³-hybridized carbons (Fsp3) is 0.952. The Hall–Kier alpha value is -0.730. The van der Waals surface area contributed by atoms with Gasteiger partial charge in [-0.1, -0.05) is 110 Å². The Morgan fingerprint density at radius 3 is 1.25 bits per heavy atom. The molecule has 0 bridgehead atoms. The summed E-state index contributed by atoms with van der Waals surface area (Å²) in [4.78, 5) is 10.7. The van der Waals surface area contributed by atoms with Gasteiger partial charge in [0.15, 0.2) is 0 Å². The van der Waals surface area contributed by atoms with Gasteiger partial charge in [-0.25, -0.2) is 4.79 Å². The van der Waals surface area contributed by atoms with E-state index in [2.05, 4.69) is 11.7 Å². The molecule has 24 heavy (non-hydrogen) atoms. The largest absolute Gasteiger partial charge is 0.507 e. The predicted octanol–water partition coefficient (Wildman–Crippen LogP) is 7.42. The quantitative estimate of drug-likeness (QED) is 0.192. The summed E-state index contributed by atoms with van der Waals surface area (Å²) in [5, 5.41) is 0. The second-order valence-corrected chi connectivity index (χ2v) is 6.96. The van der Waals surface area contributed by atoms with E-state index in [1.165, 1.54) is 103 Å². The van der Waals surface area contributed by atoms with Crippen LogP contribution in [0.2, 0.25) is 0 Å². The van der Waals surface area contributed by atoms with Crippen LogP contribution >= 0.6 is 0 Å². The first kappa shape index (κ1) is 23.3. The van der Waals surface area contributed by atoms with Crippen LogP contribution in [0.15, 0.2) is 0 Å². The van der Waals surface area contributed by atoms with Crippen LogP contribution in [0, 0.1) is 0 Å². The first-order chi connectivity index (χ1) is 11.8. The van der Waals surface area contributed by atoms with Crippen molar-refractivity contribution >= 4 is 6.16 Å². The Kier molecular flexibility index (Phi) is 19.7. The molecule has 0 saturated heterocycles. The van der Waals surface area contributed by atoms with E-state index in [1.54, 1.807) is 0 Å². The molecule has 0 aromatic rings. The SMILES string of the molecule is CCCCCCCCCCCCCCCCCCCOC(=O)OC. The summed E-state index contributed by atoms with van der Waals surface area (Å²) in [6.07, 6.45) is 22.5. The number of hydrogen-bond acceptors (Lipinski definition) is 3. The molecule has 0 saturated carbocycles. The zero-order valence-corrected chi connectivity index (χ0v) is 16.5. The number of hydrogen-bond donors (Lipinski definition) is 0. The molecule has 0 spiro atoms. The molecule has 0 amide bonds. The molecule has 3 heteroatoms. The topological polar surface area (TPSA) is 35.5 Å². The van der Waals surface area contributed by atoms with Crippen molar-refractivity contribution < 1.29 is 14.3 Å². The van der Waals surface area contributed by atoms with Gasteiger partial charge in [0.25, 0.3) is 0 Å². The van der Waals surface area contributed by atoms with Gasteiger partial charge in [-0.3, -0.25) is 0 Å². The molecular formula is C21H42O3. The highest BCUT2D eigenvalue weighted by molar-refractivity contribution is 5.59. The van der Waals surface area contributed by atoms with E-state index >= 15 is 0 Å². The molecule has 0 rings (SSSR count). The summed E-state index contributed by atoms with van der Waals surface area (Å²) in [6, 6.07) is 0. The van der Waals surface area contributed by atoms with Crippen LogP contribution in [0.1, 0.15) is 116 Å². The first-order valence-corrected chi connectivity index (χ1v) is 10.5. The van der Waals surface area contributed by atoms with Gasteiger partial charge in [-0.15, -0.1) is 0 Å². The van der Waals surface area contributed by atoms with Gasteiger partial charge in [0.05, 0.1) is 13.7 Å². The smallest absolute Gasteiger partial charge is 0.438 e. The molecule has 0 aliphatic rings. The van der Waals surface area contributed by atoms with Crippen LogP contribution in [0.25, 0.3) is 0 Å². The maximum atomic E-state index is 10.7. The van der Waals surface area contributed by atoms with Crippen molar-refractivity contribution in [3.05, 3.63) is 0 Å². The summed E-state index contributed by atoms with van der Waals surface area (Å²) in [7, 11) is 1.34. The Bertz CT molecular complexity index is 253. The number of methoxy groups -OCH3 is 1. The van der Waals surface area contributed by atoms with E-state index in [-0.39, 0.29) is 0 Å². The third-order valence-electron chi connectivity index (χ3n) is 4.63. The molecule has 3 nitrogen and oxygen atoms in total. The number of ether oxygens (including phenoxy) is 2. The van der Waals surface area contributed by atoms with Crippen molar-refractivity contribution in [2.24, 2.45) is 0 Å². The lowest BCUT2D eigenvalue weighted by atomic mass is 10.0. The minimum absolute atomic E-state index is 0.491. The van der Waals surface area contributed by atoms with E-state index in [1.807, 2.05) is 0 Å². The zero-order valence-electron chi connectivity index (χ0n) is 16.5. The zero-order chi connectivity index (χ0) is 17.7. The van der Waals surface area contributed by atoms with Crippen molar-refractivity contribution in [3.8, 4) is 0 Å². The second kappa shape index (κ2) is 20.3. The third-order valence-corrected chi connectivity index (χ3v) is 4.63. The van der Waals surface area contributed by atoms with Crippen molar-refractivity contribution in [1.29, 1.82) is 0 Å². The van der Waals surface area contributed by atoms with Crippen molar-refractivity contribution in [3.63, 3.8) is 0 Å². The van der Waals surface area contributed by atoms with Gasteiger partial charge < -0.3 is 9.47 Å². The Morgan fingerprint density at radius 2 is 0.917 bits per heavy atom. The molecule has 0 atom stereocenters. The molecule has 0 heterocycles. The molecule has 0 aromatic heterocycles. The fourth-order valence-electron chi connectivity index (χ4n) is 3.04. The standard InChI is InChI=1S/C21H42O3/c1-3-4-5-6-7-8-9-10-11-12-13-14-15-16-17-18-19-20-24-21(22)23-2/h3-20H2,1-2H3. The highest BCUT2D eigenvalue weighted by atomic mass is 16.7. The lowest BCUT2D eigenvalue weighted by Gasteiger charge is -2.04. The average Bonchev–Trinajstić information content (AvgIpc) is 2.60. The van der Waals surface area contributed by atoms with Crippen LogP contribution in [0.4, 0.5) is 4.79 Å². The van der Waals surface area contributed by atoms with E-state index in [0.717, 1.165) is 12.8 Å². The van der Waals surface area contributed by atoms with E-state index in [4.69, 9.17) is 4.74 Å². The van der Waals surface area contributed by atoms with Crippen LogP contribution in [0.3, 0.4) is 0 Å². The summed E-state index contributed by atoms with van der Waals surface area (Å²) >= 11 is 0. The lowest BCUT2D eigenvalue weighted by molar-refractivity contribution is 0.0713. The fourth-order valence-corrected chi connectivity index (χ4v) is 3.04. The highest BCUT2D eigenvalue weighted by Gasteiger charge is 1.99. The van der Waals surface area contributed by atoms with Crippen molar-refractivity contribution in [1.82, 2.24) is 0 Å². The summed E-state index contributed by atoms with van der Waals surface area (Å²) < 4.78 is 9.28.